The van der Waals surface area contributed by atoms with E-state index in [1.54, 1.807) is 25.6 Å². The van der Waals surface area contributed by atoms with E-state index in [4.69, 9.17) is 4.74 Å². The molecule has 0 atom stereocenters. The number of methoxy groups -OCH3 is 1. The van der Waals surface area contributed by atoms with Gasteiger partial charge in [-0.05, 0) is 40.8 Å². The first-order valence-corrected chi connectivity index (χ1v) is 6.08. The summed E-state index contributed by atoms with van der Waals surface area (Å²) in [4.78, 5) is 16.2. The number of nitrogens with zero attached hydrogens (tertiary/aromatic N) is 1. The molecular weight excluding hydrogens is 329 g/mol. The van der Waals surface area contributed by atoms with Crippen LogP contribution in [0.15, 0.2) is 42.7 Å². The lowest BCUT2D eigenvalue weighted by Crippen LogP contribution is -2.04. The van der Waals surface area contributed by atoms with Crippen LogP contribution in [-0.2, 0) is 0 Å². The van der Waals surface area contributed by atoms with Crippen LogP contribution in [0.4, 0.5) is 0 Å². The molecule has 86 valence electrons. The van der Waals surface area contributed by atoms with Crippen LogP contribution in [0.5, 0.6) is 5.75 Å². The van der Waals surface area contributed by atoms with Gasteiger partial charge in [0.15, 0.2) is 5.78 Å². The molecule has 2 rings (SSSR count). The van der Waals surface area contributed by atoms with Crippen molar-refractivity contribution in [3.05, 3.63) is 57.4 Å². The van der Waals surface area contributed by atoms with E-state index in [0.29, 0.717) is 16.9 Å². The second kappa shape index (κ2) is 5.27. The topological polar surface area (TPSA) is 39.2 Å². The molecule has 0 fully saturated rings. The zero-order valence-electron chi connectivity index (χ0n) is 9.18. The lowest BCUT2D eigenvalue weighted by atomic mass is 10.1. The van der Waals surface area contributed by atoms with Crippen LogP contribution >= 0.6 is 22.6 Å². The summed E-state index contributed by atoms with van der Waals surface area (Å²) in [5.74, 6) is 0.545. The fourth-order valence-corrected chi connectivity index (χ4v) is 2.09. The minimum atomic E-state index is -0.0404. The number of ketones is 1. The molecule has 0 aliphatic rings. The van der Waals surface area contributed by atoms with Gasteiger partial charge in [0, 0.05) is 20.9 Å². The van der Waals surface area contributed by atoms with E-state index >= 15 is 0 Å². The van der Waals surface area contributed by atoms with Crippen molar-refractivity contribution in [2.75, 3.05) is 7.11 Å². The minimum absolute atomic E-state index is 0.0404. The van der Waals surface area contributed by atoms with Gasteiger partial charge >= 0.3 is 0 Å². The van der Waals surface area contributed by atoms with Crippen LogP contribution in [-0.4, -0.2) is 17.9 Å². The summed E-state index contributed by atoms with van der Waals surface area (Å²) in [6, 6.07) is 9.16. The molecule has 1 heterocycles. The van der Waals surface area contributed by atoms with Crippen LogP contribution < -0.4 is 4.74 Å². The molecule has 3 nitrogen and oxygen atoms in total. The SMILES string of the molecule is COc1cncc(C(=O)c2ccccc2I)c1. The van der Waals surface area contributed by atoms with Crippen molar-refractivity contribution in [1.29, 1.82) is 0 Å². The first-order chi connectivity index (χ1) is 8.22. The summed E-state index contributed by atoms with van der Waals surface area (Å²) in [7, 11) is 1.55. The number of pyridine rings is 1. The normalized spacial score (nSPS) is 10.0. The van der Waals surface area contributed by atoms with Gasteiger partial charge < -0.3 is 4.74 Å². The smallest absolute Gasteiger partial charge is 0.195 e. The molecule has 0 saturated carbocycles. The van der Waals surface area contributed by atoms with E-state index in [-0.39, 0.29) is 5.78 Å². The Morgan fingerprint density at radius 2 is 2.06 bits per heavy atom. The van der Waals surface area contributed by atoms with Gasteiger partial charge in [-0.3, -0.25) is 9.78 Å². The van der Waals surface area contributed by atoms with Gasteiger partial charge in [-0.2, -0.15) is 0 Å². The van der Waals surface area contributed by atoms with Crippen LogP contribution in [0.1, 0.15) is 15.9 Å². The average Bonchev–Trinajstić information content (AvgIpc) is 2.38. The summed E-state index contributed by atoms with van der Waals surface area (Å²) in [5.41, 5.74) is 1.22. The lowest BCUT2D eigenvalue weighted by Gasteiger charge is -2.04. The summed E-state index contributed by atoms with van der Waals surface area (Å²) in [6.45, 7) is 0. The summed E-state index contributed by atoms with van der Waals surface area (Å²) >= 11 is 2.15. The van der Waals surface area contributed by atoms with Gasteiger partial charge in [0.1, 0.15) is 5.75 Å². The number of benzene rings is 1. The predicted octanol–water partition coefficient (Wildman–Crippen LogP) is 2.93. The zero-order valence-corrected chi connectivity index (χ0v) is 11.3. The highest BCUT2D eigenvalue weighted by molar-refractivity contribution is 14.1. The van der Waals surface area contributed by atoms with Crippen LogP contribution in [0.25, 0.3) is 0 Å². The van der Waals surface area contributed by atoms with Crippen LogP contribution in [0, 0.1) is 3.57 Å². The van der Waals surface area contributed by atoms with Gasteiger partial charge in [-0.15, -0.1) is 0 Å². The van der Waals surface area contributed by atoms with Gasteiger partial charge in [0.05, 0.1) is 13.3 Å². The van der Waals surface area contributed by atoms with E-state index in [1.807, 2.05) is 24.3 Å². The molecule has 0 saturated heterocycles. The molecule has 0 spiro atoms. The second-order valence-electron chi connectivity index (χ2n) is 3.42. The van der Waals surface area contributed by atoms with Crippen molar-refractivity contribution in [2.24, 2.45) is 0 Å². The molecule has 2 aromatic rings. The van der Waals surface area contributed by atoms with Crippen molar-refractivity contribution in [3.63, 3.8) is 0 Å². The Hall–Kier alpha value is -1.43. The molecule has 4 heteroatoms. The molecule has 0 aliphatic carbocycles. The van der Waals surface area contributed by atoms with E-state index in [9.17, 15) is 4.79 Å². The highest BCUT2D eigenvalue weighted by atomic mass is 127. The van der Waals surface area contributed by atoms with E-state index in [1.165, 1.54) is 0 Å². The maximum atomic E-state index is 12.2. The van der Waals surface area contributed by atoms with Gasteiger partial charge in [0.2, 0.25) is 0 Å². The van der Waals surface area contributed by atoms with Crippen molar-refractivity contribution < 1.29 is 9.53 Å². The number of halogens is 1. The number of aromatic nitrogens is 1. The third-order valence-corrected chi connectivity index (χ3v) is 3.27. The molecule has 0 radical (unpaired) electrons. The molecule has 0 amide bonds. The number of carbonyl (C=O) groups is 1. The Morgan fingerprint density at radius 1 is 1.29 bits per heavy atom. The Morgan fingerprint density at radius 3 is 2.76 bits per heavy atom. The molecule has 0 unspecified atom stereocenters. The summed E-state index contributed by atoms with van der Waals surface area (Å²) in [6.07, 6.45) is 3.13. The van der Waals surface area contributed by atoms with Crippen LogP contribution in [0.3, 0.4) is 0 Å². The van der Waals surface area contributed by atoms with Gasteiger partial charge in [-0.1, -0.05) is 12.1 Å². The molecular formula is C13H10INO2. The quantitative estimate of drug-likeness (QED) is 0.638. The second-order valence-corrected chi connectivity index (χ2v) is 4.58. The number of hydrogen-bond acceptors (Lipinski definition) is 3. The summed E-state index contributed by atoms with van der Waals surface area (Å²) < 4.78 is 5.98. The highest BCUT2D eigenvalue weighted by Gasteiger charge is 2.12. The molecule has 17 heavy (non-hydrogen) atoms. The maximum absolute atomic E-state index is 12.2. The molecule has 1 aromatic heterocycles. The highest BCUT2D eigenvalue weighted by Crippen LogP contribution is 2.18. The molecule has 0 aliphatic heterocycles. The Bertz CT molecular complexity index is 555. The van der Waals surface area contributed by atoms with E-state index in [2.05, 4.69) is 27.6 Å². The fraction of sp³-hybridized carbons (Fsp3) is 0.0769. The Labute approximate surface area is 113 Å². The largest absolute Gasteiger partial charge is 0.495 e. The number of ether oxygens (including phenoxy) is 1. The fourth-order valence-electron chi connectivity index (χ4n) is 1.46. The van der Waals surface area contributed by atoms with Crippen molar-refractivity contribution in [2.45, 2.75) is 0 Å². The third-order valence-electron chi connectivity index (χ3n) is 2.33. The first kappa shape index (κ1) is 12.0. The predicted molar refractivity (Wildman–Crippen MR) is 73.4 cm³/mol. The van der Waals surface area contributed by atoms with Gasteiger partial charge in [0.25, 0.3) is 0 Å². The van der Waals surface area contributed by atoms with Crippen LogP contribution in [0.2, 0.25) is 0 Å². The third kappa shape index (κ3) is 2.63. The van der Waals surface area contributed by atoms with Gasteiger partial charge in [-0.25, -0.2) is 0 Å². The Kier molecular flexibility index (Phi) is 3.73. The summed E-state index contributed by atoms with van der Waals surface area (Å²) in [5, 5.41) is 0. The lowest BCUT2D eigenvalue weighted by molar-refractivity contribution is 0.103. The Balaban J connectivity index is 2.40. The van der Waals surface area contributed by atoms with Crippen molar-refractivity contribution >= 4 is 28.4 Å². The van der Waals surface area contributed by atoms with Crippen molar-refractivity contribution in [1.82, 2.24) is 4.98 Å². The average molecular weight is 339 g/mol. The molecule has 0 bridgehead atoms. The minimum Gasteiger partial charge on any atom is -0.495 e. The number of hydrogen-bond donors (Lipinski definition) is 0. The van der Waals surface area contributed by atoms with Crippen molar-refractivity contribution in [3.8, 4) is 5.75 Å². The maximum Gasteiger partial charge on any atom is 0.195 e. The zero-order chi connectivity index (χ0) is 12.3. The number of rotatable bonds is 3. The number of carbonyl (C=O) groups excluding carboxylic acids is 1. The van der Waals surface area contributed by atoms with E-state index in [0.717, 1.165) is 3.57 Å². The molecule has 0 N–H and O–H groups in total. The molecule has 1 aromatic carbocycles. The van der Waals surface area contributed by atoms with E-state index < -0.39 is 0 Å². The monoisotopic (exact) mass is 339 g/mol. The first-order valence-electron chi connectivity index (χ1n) is 5.00. The standard InChI is InChI=1S/C13H10INO2/c1-17-10-6-9(7-15-8-10)13(16)11-4-2-3-5-12(11)14/h2-8H,1H3.